The highest BCUT2D eigenvalue weighted by atomic mass is 16.6. The van der Waals surface area contributed by atoms with Crippen molar-refractivity contribution in [3.63, 3.8) is 0 Å². The molecule has 0 bridgehead atoms. The first kappa shape index (κ1) is 62.8. The second-order valence-electron chi connectivity index (χ2n) is 22.4. The second kappa shape index (κ2) is 23.4. The molecule has 0 saturated heterocycles. The van der Waals surface area contributed by atoms with Crippen LogP contribution in [0.2, 0.25) is 0 Å². The molecule has 0 aliphatic carbocycles. The number of carbonyl (C=O) groups excluding carboxylic acids is 3. The van der Waals surface area contributed by atoms with E-state index in [0.29, 0.717) is 36.4 Å². The van der Waals surface area contributed by atoms with Gasteiger partial charge in [-0.05, 0) is 72.8 Å². The van der Waals surface area contributed by atoms with Gasteiger partial charge in [0, 0.05) is 75.2 Å². The first-order valence-corrected chi connectivity index (χ1v) is 28.1. The lowest BCUT2D eigenvalue weighted by Crippen LogP contribution is -2.42. The molecule has 0 spiro atoms. The molecule has 0 radical (unpaired) electrons. The first-order valence-electron chi connectivity index (χ1n) is 28.1. The number of aromatic hydroxyl groups is 21. The first-order chi connectivity index (χ1) is 45.5. The van der Waals surface area contributed by atoms with Crippen LogP contribution < -0.4 is 14.2 Å². The van der Waals surface area contributed by atoms with E-state index in [1.54, 1.807) is 0 Å². The van der Waals surface area contributed by atoms with Crippen LogP contribution in [0, 0.1) is 0 Å². The van der Waals surface area contributed by atoms with E-state index in [2.05, 4.69) is 0 Å². The van der Waals surface area contributed by atoms with Crippen molar-refractivity contribution in [1.29, 1.82) is 0 Å². The van der Waals surface area contributed by atoms with Gasteiger partial charge in [0.2, 0.25) is 0 Å². The van der Waals surface area contributed by atoms with Crippen molar-refractivity contribution in [2.45, 2.75) is 54.9 Å². The number of phenols is 21. The Kier molecular flexibility index (Phi) is 15.3. The molecule has 3 aliphatic rings. The van der Waals surface area contributed by atoms with E-state index in [1.165, 1.54) is 6.07 Å². The van der Waals surface area contributed by atoms with Gasteiger partial charge in [0.25, 0.3) is 0 Å². The van der Waals surface area contributed by atoms with Gasteiger partial charge in [-0.2, -0.15) is 0 Å². The molecular formula is C66H50O30. The Bertz CT molecular complexity index is 4680. The Morgan fingerprint density at radius 1 is 0.312 bits per heavy atom. The number of fused-ring (bicyclic) bond motifs is 3. The molecule has 0 saturated carbocycles. The summed E-state index contributed by atoms with van der Waals surface area (Å²) in [4.78, 5) is 43.7. The summed E-state index contributed by atoms with van der Waals surface area (Å²) in [6, 6.07) is 16.1. The minimum Gasteiger partial charge on any atom is -0.508 e. The maximum Gasteiger partial charge on any atom is 0.338 e. The lowest BCUT2D eigenvalue weighted by molar-refractivity contribution is -0.0345. The highest BCUT2D eigenvalue weighted by molar-refractivity contribution is 5.93. The van der Waals surface area contributed by atoms with Gasteiger partial charge < -0.3 is 136 Å². The number of rotatable bonds is 11. The van der Waals surface area contributed by atoms with Crippen LogP contribution in [0.15, 0.2) is 115 Å². The topological polar surface area (TPSA) is 531 Å². The van der Waals surface area contributed by atoms with Crippen molar-refractivity contribution in [3.05, 3.63) is 176 Å². The Morgan fingerprint density at radius 2 is 0.656 bits per heavy atom. The van der Waals surface area contributed by atoms with Gasteiger partial charge >= 0.3 is 17.9 Å². The molecule has 2 unspecified atom stereocenters. The normalized spacial score (nSPS) is 19.2. The molecule has 9 aromatic carbocycles. The maximum atomic E-state index is 14.9. The minimum absolute atomic E-state index is 0.160. The van der Waals surface area contributed by atoms with Gasteiger partial charge in [0.15, 0.2) is 117 Å². The Labute approximate surface area is 535 Å². The zero-order chi connectivity index (χ0) is 68.9. The molecule has 30 nitrogen and oxygen atoms in total. The smallest absolute Gasteiger partial charge is 0.338 e. The molecule has 8 atom stereocenters. The van der Waals surface area contributed by atoms with Crippen molar-refractivity contribution < 1.29 is 150 Å². The number of carbonyl (C=O) groups is 3. The quantitative estimate of drug-likeness (QED) is 0.0341. The standard InChI is InChI=1S/C66H50O30/c67-27-16-36(75)48-46(17-27)91-58(22-2-5-30(69)34(73)8-22)62(95-65(89)25-12-42(81)55(86)43(82)13-25)52(48)50-38(77)20-39(78)51-53(63(96-66(90)26-14-44(83)56(87)45(84)15-26)59(94-61(50)51)23-3-6-31(70)35(74)9-23)49-37(76)19-32(71)28-18-47(92-64(88)24-10-40(79)54(85)41(80)11-24)57(93-60(28)49)21-1-4-29(68)33(72)7-21/h1-17,19-20,47,52-53,57-59,62-63,67-87H,18H2/t47-,52?,53?,57-,58-,59-,62-,63-/m1/s1. The molecule has 9 aromatic rings. The third kappa shape index (κ3) is 10.8. The van der Waals surface area contributed by atoms with Crippen LogP contribution in [0.4, 0.5) is 0 Å². The predicted octanol–water partition coefficient (Wildman–Crippen LogP) is 7.39. The summed E-state index contributed by atoms with van der Waals surface area (Å²) >= 11 is 0. The lowest BCUT2D eigenvalue weighted by atomic mass is 9.73. The number of ether oxygens (including phenoxy) is 6. The summed E-state index contributed by atoms with van der Waals surface area (Å²) < 4.78 is 38.4. The molecule has 96 heavy (non-hydrogen) atoms. The summed E-state index contributed by atoms with van der Waals surface area (Å²) in [5, 5.41) is 232. The van der Waals surface area contributed by atoms with Gasteiger partial charge in [-0.15, -0.1) is 0 Å². The fourth-order valence-electron chi connectivity index (χ4n) is 12.0. The van der Waals surface area contributed by atoms with Gasteiger partial charge in [0.05, 0.1) is 28.5 Å². The molecule has 0 amide bonds. The lowest BCUT2D eigenvalue weighted by Gasteiger charge is -2.44. The Balaban J connectivity index is 1.16. The fourth-order valence-corrected chi connectivity index (χ4v) is 12.0. The van der Waals surface area contributed by atoms with E-state index in [9.17, 15) is 122 Å². The Hall–Kier alpha value is -13.4. The van der Waals surface area contributed by atoms with Crippen LogP contribution in [-0.2, 0) is 20.6 Å². The number of hydrogen-bond donors (Lipinski definition) is 21. The molecule has 21 N–H and O–H groups in total. The van der Waals surface area contributed by atoms with Gasteiger partial charge in [-0.3, -0.25) is 0 Å². The number of phenolic OH excluding ortho intramolecular Hbond substituents is 21. The average Bonchev–Trinajstić information content (AvgIpc) is 0.708. The SMILES string of the molecule is O=C(O[C@@H]1C(c2c(O)cc(O)c3c2O[C@H](c2ccc(O)c(O)c2)[C@H](OC(=O)c2cc(O)c(O)c(O)c2)C3c2c(O)cc(O)c3c2O[C@H](c2ccc(O)c(O)c2)[C@H](OC(=O)c2cc(O)c(O)c(O)c2)C3)c2c(O)cc(O)cc2O[C@@H]1c1ccc(O)c(O)c1)c1cc(O)c(O)c(O)c1. The maximum absolute atomic E-state index is 14.9. The number of hydrogen-bond acceptors (Lipinski definition) is 30. The minimum atomic E-state index is -2.27. The highest BCUT2D eigenvalue weighted by Crippen LogP contribution is 2.64. The van der Waals surface area contributed by atoms with Crippen molar-refractivity contribution in [1.82, 2.24) is 0 Å². The monoisotopic (exact) mass is 1320 g/mol. The fraction of sp³-hybridized carbons (Fsp3) is 0.136. The van der Waals surface area contributed by atoms with Crippen LogP contribution in [0.1, 0.15) is 106 Å². The van der Waals surface area contributed by atoms with E-state index in [4.69, 9.17) is 28.4 Å². The summed E-state index contributed by atoms with van der Waals surface area (Å²) in [6.07, 6.45) is -12.7. The number of benzene rings is 9. The van der Waals surface area contributed by atoms with E-state index >= 15 is 0 Å². The van der Waals surface area contributed by atoms with Crippen LogP contribution >= 0.6 is 0 Å². The molecule has 30 heteroatoms. The molecular weight excluding hydrogens is 1270 g/mol. The zero-order valence-electron chi connectivity index (χ0n) is 48.4. The Morgan fingerprint density at radius 3 is 1.07 bits per heavy atom. The van der Waals surface area contributed by atoms with Crippen LogP contribution in [0.3, 0.4) is 0 Å². The van der Waals surface area contributed by atoms with E-state index < -0.39 is 255 Å². The molecule has 3 aliphatic heterocycles. The van der Waals surface area contributed by atoms with Crippen molar-refractivity contribution in [2.75, 3.05) is 0 Å². The predicted molar refractivity (Wildman–Crippen MR) is 318 cm³/mol. The third-order valence-corrected chi connectivity index (χ3v) is 16.4. The van der Waals surface area contributed by atoms with E-state index in [1.807, 2.05) is 0 Å². The van der Waals surface area contributed by atoms with Crippen LogP contribution in [0.25, 0.3) is 0 Å². The van der Waals surface area contributed by atoms with Crippen molar-refractivity contribution in [2.24, 2.45) is 0 Å². The summed E-state index contributed by atoms with van der Waals surface area (Å²) in [7, 11) is 0. The van der Waals surface area contributed by atoms with Crippen molar-refractivity contribution in [3.8, 4) is 138 Å². The van der Waals surface area contributed by atoms with Gasteiger partial charge in [-0.1, -0.05) is 18.2 Å². The third-order valence-electron chi connectivity index (χ3n) is 16.4. The highest BCUT2D eigenvalue weighted by Gasteiger charge is 2.54. The molecule has 3 heterocycles. The molecule has 0 fully saturated rings. The summed E-state index contributed by atoms with van der Waals surface area (Å²) in [5.41, 5.74) is -5.75. The van der Waals surface area contributed by atoms with Gasteiger partial charge in [0.1, 0.15) is 57.8 Å². The summed E-state index contributed by atoms with van der Waals surface area (Å²) in [6.45, 7) is 0. The molecule has 12 rings (SSSR count). The van der Waals surface area contributed by atoms with Crippen LogP contribution in [0.5, 0.6) is 138 Å². The summed E-state index contributed by atoms with van der Waals surface area (Å²) in [5.74, 6) is -30.4. The number of esters is 3. The largest absolute Gasteiger partial charge is 0.508 e. The van der Waals surface area contributed by atoms with Crippen LogP contribution in [-0.4, -0.2) is 143 Å². The van der Waals surface area contributed by atoms with E-state index in [0.717, 1.165) is 72.8 Å². The van der Waals surface area contributed by atoms with Gasteiger partial charge in [-0.25, -0.2) is 14.4 Å². The zero-order valence-corrected chi connectivity index (χ0v) is 48.4. The van der Waals surface area contributed by atoms with E-state index in [-0.39, 0.29) is 16.7 Å². The molecule has 0 aromatic heterocycles. The second-order valence-corrected chi connectivity index (χ2v) is 22.4. The van der Waals surface area contributed by atoms with Crippen molar-refractivity contribution >= 4 is 17.9 Å². The molecule has 494 valence electrons. The average molecular weight is 1320 g/mol.